The molecule has 1 aliphatic heterocycles. The average molecular weight is 408 g/mol. The SMILES string of the molecule is NS(=O)(=O)c1ccc(CNC(=O)C2CN(C(=O)c3ccc([N+](=O)[O-])o3)C2)cc1. The lowest BCUT2D eigenvalue weighted by molar-refractivity contribution is -0.402. The third-order valence-corrected chi connectivity index (χ3v) is 5.17. The molecular formula is C16H16N4O7S. The van der Waals surface area contributed by atoms with Crippen LogP contribution in [-0.4, -0.2) is 43.1 Å². The fourth-order valence-electron chi connectivity index (χ4n) is 2.64. The van der Waals surface area contributed by atoms with Gasteiger partial charge in [0.2, 0.25) is 15.9 Å². The van der Waals surface area contributed by atoms with Gasteiger partial charge in [0.15, 0.2) is 5.76 Å². The Hall–Kier alpha value is -3.25. The summed E-state index contributed by atoms with van der Waals surface area (Å²) in [6.07, 6.45) is 0. The van der Waals surface area contributed by atoms with Crippen LogP contribution in [-0.2, 0) is 21.4 Å². The Balaban J connectivity index is 1.48. The summed E-state index contributed by atoms with van der Waals surface area (Å²) in [4.78, 5) is 35.5. The minimum atomic E-state index is -3.77. The maximum Gasteiger partial charge on any atom is 0.433 e. The summed E-state index contributed by atoms with van der Waals surface area (Å²) in [5.41, 5.74) is 0.691. The van der Waals surface area contributed by atoms with E-state index in [-0.39, 0.29) is 36.2 Å². The zero-order valence-electron chi connectivity index (χ0n) is 14.4. The average Bonchev–Trinajstić information content (AvgIpc) is 3.08. The van der Waals surface area contributed by atoms with Gasteiger partial charge >= 0.3 is 5.88 Å². The molecule has 28 heavy (non-hydrogen) atoms. The molecule has 148 valence electrons. The number of nitrogens with zero attached hydrogens (tertiary/aromatic N) is 2. The maximum atomic E-state index is 12.1. The molecule has 0 bridgehead atoms. The molecule has 3 N–H and O–H groups in total. The van der Waals surface area contributed by atoms with Gasteiger partial charge in [-0.3, -0.25) is 19.7 Å². The molecule has 1 aliphatic rings. The number of carbonyl (C=O) groups excluding carboxylic acids is 2. The molecule has 0 spiro atoms. The fourth-order valence-corrected chi connectivity index (χ4v) is 3.15. The molecule has 12 heteroatoms. The third kappa shape index (κ3) is 4.18. The van der Waals surface area contributed by atoms with Crippen molar-refractivity contribution in [3.8, 4) is 0 Å². The van der Waals surface area contributed by atoms with E-state index in [0.717, 1.165) is 6.07 Å². The number of hydrogen-bond donors (Lipinski definition) is 2. The molecule has 0 atom stereocenters. The quantitative estimate of drug-likeness (QED) is 0.509. The monoisotopic (exact) mass is 408 g/mol. The summed E-state index contributed by atoms with van der Waals surface area (Å²) in [7, 11) is -3.77. The van der Waals surface area contributed by atoms with Crippen molar-refractivity contribution in [1.29, 1.82) is 0 Å². The van der Waals surface area contributed by atoms with Crippen LogP contribution < -0.4 is 10.5 Å². The molecule has 3 rings (SSSR count). The van der Waals surface area contributed by atoms with Crippen molar-refractivity contribution in [3.63, 3.8) is 0 Å². The number of rotatable bonds is 6. The molecule has 1 aromatic heterocycles. The van der Waals surface area contributed by atoms with Crippen LogP contribution in [0.1, 0.15) is 16.1 Å². The lowest BCUT2D eigenvalue weighted by Gasteiger charge is -2.37. The Morgan fingerprint density at radius 1 is 1.21 bits per heavy atom. The number of primary sulfonamides is 1. The number of amides is 2. The van der Waals surface area contributed by atoms with Crippen LogP contribution in [0, 0.1) is 16.0 Å². The van der Waals surface area contributed by atoms with Crippen molar-refractivity contribution in [2.75, 3.05) is 13.1 Å². The van der Waals surface area contributed by atoms with Crippen molar-refractivity contribution < 1.29 is 27.3 Å². The fraction of sp³-hybridized carbons (Fsp3) is 0.250. The summed E-state index contributed by atoms with van der Waals surface area (Å²) >= 11 is 0. The minimum Gasteiger partial charge on any atom is -0.395 e. The van der Waals surface area contributed by atoms with Gasteiger partial charge in [-0.2, -0.15) is 0 Å². The number of likely N-dealkylation sites (tertiary alicyclic amines) is 1. The predicted molar refractivity (Wildman–Crippen MR) is 94.4 cm³/mol. The van der Waals surface area contributed by atoms with Gasteiger partial charge in [0.25, 0.3) is 5.91 Å². The van der Waals surface area contributed by atoms with E-state index in [0.29, 0.717) is 5.56 Å². The first-order valence-electron chi connectivity index (χ1n) is 8.08. The molecule has 0 unspecified atom stereocenters. The van der Waals surface area contributed by atoms with Crippen LogP contribution in [0.3, 0.4) is 0 Å². The molecule has 0 saturated carbocycles. The molecule has 1 saturated heterocycles. The third-order valence-electron chi connectivity index (χ3n) is 4.24. The van der Waals surface area contributed by atoms with E-state index in [2.05, 4.69) is 5.32 Å². The number of furan rings is 1. The summed E-state index contributed by atoms with van der Waals surface area (Å²) in [5, 5.41) is 18.3. The molecule has 0 aliphatic carbocycles. The molecule has 11 nitrogen and oxygen atoms in total. The predicted octanol–water partition coefficient (Wildman–Crippen LogP) is 0.224. The lowest BCUT2D eigenvalue weighted by atomic mass is 9.98. The maximum absolute atomic E-state index is 12.1. The van der Waals surface area contributed by atoms with Crippen molar-refractivity contribution >= 4 is 27.7 Å². The normalized spacial score (nSPS) is 14.4. The van der Waals surface area contributed by atoms with Crippen molar-refractivity contribution in [2.45, 2.75) is 11.4 Å². The van der Waals surface area contributed by atoms with Crippen LogP contribution in [0.25, 0.3) is 0 Å². The lowest BCUT2D eigenvalue weighted by Crippen LogP contribution is -2.55. The Morgan fingerprint density at radius 3 is 2.39 bits per heavy atom. The van der Waals surface area contributed by atoms with Crippen LogP contribution in [0.4, 0.5) is 5.88 Å². The first-order chi connectivity index (χ1) is 13.1. The van der Waals surface area contributed by atoms with Gasteiger partial charge in [-0.05, 0) is 23.8 Å². The molecule has 0 radical (unpaired) electrons. The van der Waals surface area contributed by atoms with Gasteiger partial charge in [0.05, 0.1) is 16.9 Å². The van der Waals surface area contributed by atoms with Gasteiger partial charge in [-0.15, -0.1) is 0 Å². The number of benzene rings is 1. The first kappa shape index (κ1) is 19.5. The standard InChI is InChI=1S/C16H16N4O7S/c17-28(25,26)12-3-1-10(2-4-12)7-18-15(21)11-8-19(9-11)16(22)13-5-6-14(27-13)20(23)24/h1-6,11H,7-9H2,(H,18,21)(H2,17,25,26). The highest BCUT2D eigenvalue weighted by atomic mass is 32.2. The van der Waals surface area contributed by atoms with E-state index in [1.807, 2.05) is 0 Å². The Bertz CT molecular complexity index is 1020. The number of nitro groups is 1. The van der Waals surface area contributed by atoms with E-state index in [1.54, 1.807) is 12.1 Å². The van der Waals surface area contributed by atoms with Gasteiger partial charge < -0.3 is 14.6 Å². The number of nitrogens with two attached hydrogens (primary N) is 1. The molecule has 2 amide bonds. The van der Waals surface area contributed by atoms with E-state index in [9.17, 15) is 28.1 Å². The number of hydrogen-bond acceptors (Lipinski definition) is 7. The first-order valence-corrected chi connectivity index (χ1v) is 9.63. The highest BCUT2D eigenvalue weighted by molar-refractivity contribution is 7.89. The zero-order chi connectivity index (χ0) is 20.5. The zero-order valence-corrected chi connectivity index (χ0v) is 15.2. The molecule has 2 heterocycles. The van der Waals surface area contributed by atoms with Crippen molar-refractivity contribution in [3.05, 3.63) is 57.8 Å². The van der Waals surface area contributed by atoms with Gasteiger partial charge in [-0.25, -0.2) is 13.6 Å². The second-order valence-corrected chi connectivity index (χ2v) is 7.77. The Kier molecular flexibility index (Phi) is 5.16. The van der Waals surface area contributed by atoms with E-state index >= 15 is 0 Å². The number of sulfonamides is 1. The summed E-state index contributed by atoms with van der Waals surface area (Å²) in [5.74, 6) is -1.86. The summed E-state index contributed by atoms with van der Waals surface area (Å²) in [6, 6.07) is 8.10. The number of nitrogens with one attached hydrogen (secondary N) is 1. The second kappa shape index (κ2) is 7.40. The second-order valence-electron chi connectivity index (χ2n) is 6.21. The van der Waals surface area contributed by atoms with Crippen LogP contribution >= 0.6 is 0 Å². The van der Waals surface area contributed by atoms with Gasteiger partial charge in [0.1, 0.15) is 4.92 Å². The Labute approximate surface area is 159 Å². The highest BCUT2D eigenvalue weighted by Crippen LogP contribution is 2.22. The molecular weight excluding hydrogens is 392 g/mol. The van der Waals surface area contributed by atoms with Crippen LogP contribution in [0.5, 0.6) is 0 Å². The molecule has 1 aromatic carbocycles. The van der Waals surface area contributed by atoms with Crippen molar-refractivity contribution in [2.24, 2.45) is 11.1 Å². The topological polar surface area (TPSA) is 166 Å². The Morgan fingerprint density at radius 2 is 1.86 bits per heavy atom. The van der Waals surface area contributed by atoms with Crippen molar-refractivity contribution in [1.82, 2.24) is 10.2 Å². The molecule has 2 aromatic rings. The van der Waals surface area contributed by atoms with Crippen LogP contribution in [0.2, 0.25) is 0 Å². The van der Waals surface area contributed by atoms with Gasteiger partial charge in [0, 0.05) is 19.6 Å². The van der Waals surface area contributed by atoms with E-state index in [1.165, 1.54) is 23.1 Å². The summed E-state index contributed by atoms with van der Waals surface area (Å²) < 4.78 is 27.3. The largest absolute Gasteiger partial charge is 0.433 e. The summed E-state index contributed by atoms with van der Waals surface area (Å²) in [6.45, 7) is 0.533. The smallest absolute Gasteiger partial charge is 0.395 e. The highest BCUT2D eigenvalue weighted by Gasteiger charge is 2.37. The number of carbonyl (C=O) groups is 2. The van der Waals surface area contributed by atoms with Crippen LogP contribution in [0.15, 0.2) is 45.7 Å². The minimum absolute atomic E-state index is 0.0195. The van der Waals surface area contributed by atoms with E-state index in [4.69, 9.17) is 9.56 Å². The van der Waals surface area contributed by atoms with E-state index < -0.39 is 32.7 Å². The van der Waals surface area contributed by atoms with Gasteiger partial charge in [-0.1, -0.05) is 12.1 Å². The molecule has 1 fully saturated rings.